The predicted molar refractivity (Wildman–Crippen MR) is 82.8 cm³/mol. The highest BCUT2D eigenvalue weighted by Crippen LogP contribution is 2.27. The van der Waals surface area contributed by atoms with Crippen molar-refractivity contribution in [1.82, 2.24) is 9.97 Å². The van der Waals surface area contributed by atoms with Crippen LogP contribution in [0.25, 0.3) is 0 Å². The maximum atomic E-state index is 12.4. The van der Waals surface area contributed by atoms with Crippen LogP contribution in [-0.2, 0) is 10.0 Å². The minimum atomic E-state index is -3.99. The molecule has 1 aromatic heterocycles. The first-order valence-electron chi connectivity index (χ1n) is 5.70. The lowest BCUT2D eigenvalue weighted by atomic mass is 10.4. The van der Waals surface area contributed by atoms with E-state index in [9.17, 15) is 8.42 Å². The van der Waals surface area contributed by atoms with Gasteiger partial charge in [0.05, 0.1) is 13.3 Å². The molecule has 0 saturated carbocycles. The van der Waals surface area contributed by atoms with E-state index in [1.165, 1.54) is 25.3 Å². The smallest absolute Gasteiger partial charge is 0.264 e. The Bertz CT molecular complexity index is 865. The van der Waals surface area contributed by atoms with Crippen LogP contribution >= 0.6 is 24.2 Å². The van der Waals surface area contributed by atoms with Crippen LogP contribution in [-0.4, -0.2) is 25.5 Å². The summed E-state index contributed by atoms with van der Waals surface area (Å²) in [7, 11) is -2.71. The van der Waals surface area contributed by atoms with Gasteiger partial charge in [0.1, 0.15) is 11.0 Å². The number of sulfonamides is 1. The number of nitrogens with zero attached hydrogens (tertiary/aromatic N) is 3. The minimum absolute atomic E-state index is 0.00237. The number of hydrogen-bond donors (Lipinski definition) is 2. The summed E-state index contributed by atoms with van der Waals surface area (Å²) in [6.07, 6.45) is 1.12. The Morgan fingerprint density at radius 3 is 2.82 bits per heavy atom. The van der Waals surface area contributed by atoms with E-state index < -0.39 is 10.0 Å². The molecular weight excluding hydrogens is 348 g/mol. The number of nitrogens with one attached hydrogen (secondary N) is 1. The van der Waals surface area contributed by atoms with Crippen molar-refractivity contribution in [3.8, 4) is 11.9 Å². The lowest BCUT2D eigenvalue weighted by Gasteiger charge is -2.11. The van der Waals surface area contributed by atoms with Crippen molar-refractivity contribution in [3.05, 3.63) is 35.1 Å². The zero-order valence-corrected chi connectivity index (χ0v) is 13.6. The Labute approximate surface area is 137 Å². The quantitative estimate of drug-likeness (QED) is 0.813. The van der Waals surface area contributed by atoms with Crippen LogP contribution in [0.4, 0.5) is 5.82 Å². The molecule has 1 aromatic carbocycles. The second kappa shape index (κ2) is 6.39. The van der Waals surface area contributed by atoms with Crippen molar-refractivity contribution in [2.75, 3.05) is 11.8 Å². The average molecular weight is 357 g/mol. The van der Waals surface area contributed by atoms with E-state index in [1.54, 1.807) is 6.07 Å². The third-order valence-electron chi connectivity index (χ3n) is 2.49. The average Bonchev–Trinajstić information content (AvgIpc) is 2.49. The Kier molecular flexibility index (Phi) is 4.75. The summed E-state index contributed by atoms with van der Waals surface area (Å²) in [6, 6.07) is 6.02. The van der Waals surface area contributed by atoms with Crippen LogP contribution in [0.1, 0.15) is 5.69 Å². The second-order valence-corrected chi connectivity index (χ2v) is 6.51. The molecule has 0 fully saturated rings. The number of ether oxygens (including phenoxy) is 1. The molecule has 2 rings (SSSR count). The molecule has 0 aliphatic heterocycles. The lowest BCUT2D eigenvalue weighted by Crippen LogP contribution is -2.16. The molecule has 0 aliphatic carbocycles. The zero-order valence-electron chi connectivity index (χ0n) is 11.1. The van der Waals surface area contributed by atoms with E-state index in [0.717, 1.165) is 6.20 Å². The first-order valence-corrected chi connectivity index (χ1v) is 8.00. The number of nitriles is 1. The highest BCUT2D eigenvalue weighted by atomic mass is 35.5. The summed E-state index contributed by atoms with van der Waals surface area (Å²) in [5.74, 6) is -0.264. The molecular formula is C12H9ClN4O3S2. The number of aromatic nitrogens is 2. The molecule has 0 amide bonds. The number of rotatable bonds is 4. The van der Waals surface area contributed by atoms with Gasteiger partial charge in [-0.05, 0) is 18.2 Å². The van der Waals surface area contributed by atoms with E-state index in [-0.39, 0.29) is 32.2 Å². The molecule has 7 nitrogen and oxygen atoms in total. The number of benzene rings is 1. The van der Waals surface area contributed by atoms with Crippen molar-refractivity contribution in [1.29, 1.82) is 5.26 Å². The van der Waals surface area contributed by atoms with Crippen molar-refractivity contribution in [2.45, 2.75) is 9.79 Å². The Hall–Kier alpha value is -2.02. The third-order valence-corrected chi connectivity index (χ3v) is 4.65. The fourth-order valence-corrected chi connectivity index (χ4v) is 3.39. The molecule has 2 aromatic rings. The second-order valence-electron chi connectivity index (χ2n) is 3.94. The Morgan fingerprint density at radius 2 is 2.18 bits per heavy atom. The van der Waals surface area contributed by atoms with Gasteiger partial charge in [-0.15, -0.1) is 12.6 Å². The van der Waals surface area contributed by atoms with Gasteiger partial charge in [0.2, 0.25) is 5.82 Å². The summed E-state index contributed by atoms with van der Waals surface area (Å²) >= 11 is 9.91. The van der Waals surface area contributed by atoms with Gasteiger partial charge in [-0.2, -0.15) is 10.2 Å². The van der Waals surface area contributed by atoms with E-state index in [4.69, 9.17) is 21.6 Å². The van der Waals surface area contributed by atoms with Gasteiger partial charge in [-0.1, -0.05) is 11.6 Å². The molecule has 0 aliphatic rings. The van der Waals surface area contributed by atoms with Gasteiger partial charge >= 0.3 is 0 Å². The van der Waals surface area contributed by atoms with Crippen LogP contribution in [0.2, 0.25) is 5.02 Å². The van der Waals surface area contributed by atoms with Crippen molar-refractivity contribution < 1.29 is 13.2 Å². The minimum Gasteiger partial charge on any atom is -0.478 e. The third kappa shape index (κ3) is 3.41. The fourth-order valence-electron chi connectivity index (χ4n) is 1.52. The van der Waals surface area contributed by atoms with Gasteiger partial charge in [0, 0.05) is 9.92 Å². The molecule has 10 heteroatoms. The summed E-state index contributed by atoms with van der Waals surface area (Å²) in [6.45, 7) is 0. The van der Waals surface area contributed by atoms with Gasteiger partial charge in [0.25, 0.3) is 15.9 Å². The van der Waals surface area contributed by atoms with Crippen LogP contribution in [0.3, 0.4) is 0 Å². The van der Waals surface area contributed by atoms with Crippen molar-refractivity contribution in [2.24, 2.45) is 0 Å². The highest BCUT2D eigenvalue weighted by molar-refractivity contribution is 7.93. The van der Waals surface area contributed by atoms with Crippen molar-refractivity contribution in [3.63, 3.8) is 0 Å². The summed E-state index contributed by atoms with van der Waals surface area (Å²) in [5, 5.41) is 9.00. The summed E-state index contributed by atoms with van der Waals surface area (Å²) in [5.41, 5.74) is -0.00237. The molecule has 22 heavy (non-hydrogen) atoms. The zero-order chi connectivity index (χ0) is 16.3. The monoisotopic (exact) mass is 356 g/mol. The predicted octanol–water partition coefficient (Wildman–Crippen LogP) is 2.10. The molecule has 114 valence electrons. The number of hydrogen-bond acceptors (Lipinski definition) is 7. The number of thiol groups is 1. The van der Waals surface area contributed by atoms with Crippen LogP contribution in [0.15, 0.2) is 34.2 Å². The van der Waals surface area contributed by atoms with Crippen LogP contribution < -0.4 is 9.46 Å². The van der Waals surface area contributed by atoms with E-state index in [0.29, 0.717) is 0 Å². The van der Waals surface area contributed by atoms with E-state index in [1.807, 2.05) is 0 Å². The number of methoxy groups -OCH3 is 1. The normalized spacial score (nSPS) is 10.8. The van der Waals surface area contributed by atoms with Gasteiger partial charge in [-0.3, -0.25) is 4.72 Å². The Morgan fingerprint density at radius 1 is 1.45 bits per heavy atom. The van der Waals surface area contributed by atoms with Gasteiger partial charge < -0.3 is 4.74 Å². The van der Waals surface area contributed by atoms with E-state index in [2.05, 4.69) is 27.3 Å². The molecule has 0 atom stereocenters. The molecule has 0 bridgehead atoms. The molecule has 1 N–H and O–H groups in total. The van der Waals surface area contributed by atoms with Gasteiger partial charge in [0.15, 0.2) is 5.69 Å². The number of halogens is 1. The lowest BCUT2D eigenvalue weighted by molar-refractivity contribution is 0.398. The van der Waals surface area contributed by atoms with Crippen LogP contribution in [0, 0.1) is 11.3 Å². The van der Waals surface area contributed by atoms with Crippen molar-refractivity contribution >= 4 is 40.1 Å². The highest BCUT2D eigenvalue weighted by Gasteiger charge is 2.21. The summed E-state index contributed by atoms with van der Waals surface area (Å²) < 4.78 is 31.9. The van der Waals surface area contributed by atoms with Crippen LogP contribution in [0.5, 0.6) is 5.88 Å². The molecule has 0 saturated heterocycles. The largest absolute Gasteiger partial charge is 0.478 e. The molecule has 0 radical (unpaired) electrons. The first-order chi connectivity index (χ1) is 10.4. The topological polar surface area (TPSA) is 105 Å². The maximum absolute atomic E-state index is 12.4. The summed E-state index contributed by atoms with van der Waals surface area (Å²) in [4.78, 5) is 7.74. The molecule has 0 unspecified atom stereocenters. The molecule has 0 spiro atoms. The number of anilines is 1. The van der Waals surface area contributed by atoms with Gasteiger partial charge in [-0.25, -0.2) is 13.4 Å². The fraction of sp³-hybridized carbons (Fsp3) is 0.0833. The standard InChI is InChI=1S/C12H9ClN4O3S2/c1-20-12-11(15-6-8(5-14)16-12)17-22(18,19)10-4-7(13)2-3-9(10)21/h2-4,6,21H,1H3,(H,15,17). The Balaban J connectivity index is 2.45. The first kappa shape index (κ1) is 16.4. The SMILES string of the molecule is COc1nc(C#N)cnc1NS(=O)(=O)c1cc(Cl)ccc1S. The van der Waals surface area contributed by atoms with E-state index >= 15 is 0 Å². The molecule has 1 heterocycles. The maximum Gasteiger partial charge on any atom is 0.264 e.